The van der Waals surface area contributed by atoms with Crippen molar-refractivity contribution in [3.8, 4) is 0 Å². The van der Waals surface area contributed by atoms with Crippen molar-refractivity contribution in [2.24, 2.45) is 5.92 Å². The van der Waals surface area contributed by atoms with Gasteiger partial charge in [0.2, 0.25) is 0 Å². The predicted octanol–water partition coefficient (Wildman–Crippen LogP) is 2.43. The van der Waals surface area contributed by atoms with Gasteiger partial charge >= 0.3 is 5.97 Å². The Morgan fingerprint density at radius 3 is 2.50 bits per heavy atom. The smallest absolute Gasteiger partial charge is 0.327 e. The number of rotatable bonds is 10. The molecule has 1 N–H and O–H groups in total. The summed E-state index contributed by atoms with van der Waals surface area (Å²) < 4.78 is 5.37. The van der Waals surface area contributed by atoms with E-state index < -0.39 is 5.54 Å². The van der Waals surface area contributed by atoms with Crippen molar-refractivity contribution in [1.29, 1.82) is 0 Å². The summed E-state index contributed by atoms with van der Waals surface area (Å²) in [5, 5.41) is 3.45. The molecule has 0 aromatic heterocycles. The van der Waals surface area contributed by atoms with E-state index in [0.717, 1.165) is 32.4 Å². The minimum atomic E-state index is -0.512. The molecule has 118 valence electrons. The van der Waals surface area contributed by atoms with E-state index in [-0.39, 0.29) is 5.97 Å². The molecule has 0 aromatic rings. The van der Waals surface area contributed by atoms with E-state index in [1.807, 2.05) is 6.92 Å². The summed E-state index contributed by atoms with van der Waals surface area (Å²) >= 11 is 0. The van der Waals surface area contributed by atoms with Gasteiger partial charge in [0, 0.05) is 12.6 Å². The van der Waals surface area contributed by atoms with Gasteiger partial charge in [-0.2, -0.15) is 0 Å². The first kappa shape index (κ1) is 17.4. The summed E-state index contributed by atoms with van der Waals surface area (Å²) in [7, 11) is 2.12. The zero-order chi connectivity index (χ0) is 15.2. The highest BCUT2D eigenvalue weighted by atomic mass is 16.5. The highest BCUT2D eigenvalue weighted by molar-refractivity contribution is 5.82. The molecule has 0 amide bonds. The number of carbonyl (C=O) groups excluding carboxylic acids is 1. The van der Waals surface area contributed by atoms with E-state index in [1.54, 1.807) is 0 Å². The van der Waals surface area contributed by atoms with Gasteiger partial charge in [-0.3, -0.25) is 0 Å². The van der Waals surface area contributed by atoms with Crippen LogP contribution in [0.4, 0.5) is 0 Å². The van der Waals surface area contributed by atoms with Crippen LogP contribution in [-0.2, 0) is 9.53 Å². The maximum atomic E-state index is 12.5. The monoisotopic (exact) mass is 284 g/mol. The summed E-state index contributed by atoms with van der Waals surface area (Å²) in [5.74, 6) is 0.359. The second kappa shape index (κ2) is 7.99. The van der Waals surface area contributed by atoms with Gasteiger partial charge in [-0.25, -0.2) is 4.79 Å². The molecule has 20 heavy (non-hydrogen) atoms. The molecule has 1 saturated carbocycles. The van der Waals surface area contributed by atoms with E-state index in [2.05, 4.69) is 38.0 Å². The van der Waals surface area contributed by atoms with Crippen molar-refractivity contribution in [1.82, 2.24) is 10.2 Å². The van der Waals surface area contributed by atoms with E-state index in [1.165, 1.54) is 6.42 Å². The van der Waals surface area contributed by atoms with Crippen molar-refractivity contribution in [3.63, 3.8) is 0 Å². The minimum absolute atomic E-state index is 0.0695. The van der Waals surface area contributed by atoms with Crippen LogP contribution in [0.2, 0.25) is 0 Å². The molecule has 0 spiro atoms. The Balaban J connectivity index is 2.83. The molecule has 1 rings (SSSR count). The van der Waals surface area contributed by atoms with Crippen LogP contribution < -0.4 is 5.32 Å². The zero-order valence-electron chi connectivity index (χ0n) is 13.9. The number of hydrogen-bond acceptors (Lipinski definition) is 4. The molecular weight excluding hydrogens is 252 g/mol. The van der Waals surface area contributed by atoms with Gasteiger partial charge < -0.3 is 15.0 Å². The molecule has 2 atom stereocenters. The summed E-state index contributed by atoms with van der Waals surface area (Å²) in [4.78, 5) is 14.8. The summed E-state index contributed by atoms with van der Waals surface area (Å²) in [6.07, 6.45) is 4.58. The van der Waals surface area contributed by atoms with Crippen LogP contribution in [0.5, 0.6) is 0 Å². The number of esters is 1. The average Bonchev–Trinajstić information content (AvgIpc) is 3.23. The van der Waals surface area contributed by atoms with Crippen LogP contribution in [0.3, 0.4) is 0 Å². The molecule has 4 nitrogen and oxygen atoms in total. The molecule has 1 fully saturated rings. The van der Waals surface area contributed by atoms with Gasteiger partial charge in [0.1, 0.15) is 5.54 Å². The lowest BCUT2D eigenvalue weighted by molar-refractivity contribution is -0.153. The lowest BCUT2D eigenvalue weighted by Crippen LogP contribution is -2.61. The lowest BCUT2D eigenvalue weighted by atomic mass is 9.91. The fourth-order valence-electron chi connectivity index (χ4n) is 2.97. The average molecular weight is 284 g/mol. The topological polar surface area (TPSA) is 41.6 Å². The maximum Gasteiger partial charge on any atom is 0.327 e. The van der Waals surface area contributed by atoms with Gasteiger partial charge in [0.15, 0.2) is 0 Å². The molecule has 0 bridgehead atoms. The Bertz CT molecular complexity index is 305. The Morgan fingerprint density at radius 1 is 1.40 bits per heavy atom. The van der Waals surface area contributed by atoms with E-state index in [0.29, 0.717) is 18.6 Å². The summed E-state index contributed by atoms with van der Waals surface area (Å²) in [5.41, 5.74) is -0.512. The first-order valence-corrected chi connectivity index (χ1v) is 8.14. The number of nitrogens with zero attached hydrogens (tertiary/aromatic N) is 1. The Kier molecular flexibility index (Phi) is 6.96. The van der Waals surface area contributed by atoms with E-state index in [4.69, 9.17) is 4.74 Å². The Labute approximate surface area is 124 Å². The molecule has 0 aliphatic heterocycles. The van der Waals surface area contributed by atoms with Crippen LogP contribution >= 0.6 is 0 Å². The van der Waals surface area contributed by atoms with Crippen LogP contribution in [-0.4, -0.2) is 49.2 Å². The third kappa shape index (κ3) is 4.19. The first-order valence-electron chi connectivity index (χ1n) is 8.14. The molecular formula is C16H32N2O2. The quantitative estimate of drug-likeness (QED) is 0.626. The van der Waals surface area contributed by atoms with Gasteiger partial charge in [-0.1, -0.05) is 20.3 Å². The fourth-order valence-corrected chi connectivity index (χ4v) is 2.97. The van der Waals surface area contributed by atoms with Crippen molar-refractivity contribution in [2.75, 3.05) is 26.7 Å². The SMILES string of the molecule is CCCC(C)N(C)CC(NCC)(C(=O)OCC)C1CC1. The molecule has 4 heteroatoms. The van der Waals surface area contributed by atoms with Crippen molar-refractivity contribution >= 4 is 5.97 Å². The third-order valence-electron chi connectivity index (χ3n) is 4.36. The van der Waals surface area contributed by atoms with Gasteiger partial charge in [-0.15, -0.1) is 0 Å². The zero-order valence-corrected chi connectivity index (χ0v) is 13.9. The van der Waals surface area contributed by atoms with Gasteiger partial charge in [0.25, 0.3) is 0 Å². The van der Waals surface area contributed by atoms with Crippen LogP contribution in [0, 0.1) is 5.92 Å². The molecule has 1 aliphatic rings. The van der Waals surface area contributed by atoms with Crippen LogP contribution in [0.25, 0.3) is 0 Å². The number of hydrogen-bond donors (Lipinski definition) is 1. The molecule has 0 radical (unpaired) electrons. The fraction of sp³-hybridized carbons (Fsp3) is 0.938. The second-order valence-electron chi connectivity index (χ2n) is 6.05. The number of nitrogens with one attached hydrogen (secondary N) is 1. The number of carbonyl (C=O) groups is 1. The van der Waals surface area contributed by atoms with Gasteiger partial charge in [-0.05, 0) is 52.6 Å². The first-order chi connectivity index (χ1) is 9.51. The summed E-state index contributed by atoms with van der Waals surface area (Å²) in [6, 6.07) is 0.492. The Morgan fingerprint density at radius 2 is 2.05 bits per heavy atom. The third-order valence-corrected chi connectivity index (χ3v) is 4.36. The normalized spacial score (nSPS) is 19.7. The standard InChI is InChI=1S/C16H32N2O2/c1-6-9-13(4)18(5)12-16(17-7-2,14-10-11-14)15(19)20-8-3/h13-14,17H,6-12H2,1-5H3. The second-order valence-corrected chi connectivity index (χ2v) is 6.05. The van der Waals surface area contributed by atoms with Gasteiger partial charge in [0.05, 0.1) is 6.61 Å². The van der Waals surface area contributed by atoms with Crippen molar-refractivity contribution in [2.45, 2.75) is 65.0 Å². The summed E-state index contributed by atoms with van der Waals surface area (Å²) in [6.45, 7) is 10.4. The minimum Gasteiger partial charge on any atom is -0.465 e. The maximum absolute atomic E-state index is 12.5. The molecule has 0 heterocycles. The Hall–Kier alpha value is -0.610. The van der Waals surface area contributed by atoms with Crippen molar-refractivity contribution in [3.05, 3.63) is 0 Å². The largest absolute Gasteiger partial charge is 0.465 e. The number of likely N-dealkylation sites (N-methyl/N-ethyl adjacent to an activating group) is 2. The highest BCUT2D eigenvalue weighted by Gasteiger charge is 2.52. The van der Waals surface area contributed by atoms with E-state index in [9.17, 15) is 4.79 Å². The molecule has 0 aromatic carbocycles. The molecule has 0 saturated heterocycles. The lowest BCUT2D eigenvalue weighted by Gasteiger charge is -2.38. The highest BCUT2D eigenvalue weighted by Crippen LogP contribution is 2.41. The molecule has 2 unspecified atom stereocenters. The van der Waals surface area contributed by atoms with Crippen LogP contribution in [0.15, 0.2) is 0 Å². The van der Waals surface area contributed by atoms with E-state index >= 15 is 0 Å². The predicted molar refractivity (Wildman–Crippen MR) is 82.8 cm³/mol. The number of ether oxygens (including phenoxy) is 1. The van der Waals surface area contributed by atoms with Crippen LogP contribution in [0.1, 0.15) is 53.4 Å². The van der Waals surface area contributed by atoms with Crippen molar-refractivity contribution < 1.29 is 9.53 Å². The molecule has 1 aliphatic carbocycles.